The van der Waals surface area contributed by atoms with Crippen LogP contribution in [0.5, 0.6) is 5.75 Å². The van der Waals surface area contributed by atoms with Gasteiger partial charge in [0.1, 0.15) is 16.3 Å². The Bertz CT molecular complexity index is 668. The minimum absolute atomic E-state index is 0.178. The zero-order chi connectivity index (χ0) is 14.7. The maximum Gasteiger partial charge on any atom is 0.282 e. The van der Waals surface area contributed by atoms with Gasteiger partial charge in [-0.15, -0.1) is 11.3 Å². The Balaban J connectivity index is 2.16. The summed E-state index contributed by atoms with van der Waals surface area (Å²) < 4.78 is 0. The number of phenols is 1. The van der Waals surface area contributed by atoms with Gasteiger partial charge in [-0.25, -0.2) is 4.98 Å². The number of phenolic OH excluding ortho intramolecular Hbond substituents is 1. The van der Waals surface area contributed by atoms with Gasteiger partial charge in [0.05, 0.1) is 11.5 Å². The Hall–Kier alpha value is -2.48. The molecule has 2 rings (SSSR count). The molecular formula is C12H11N3O4S. The van der Waals surface area contributed by atoms with Crippen molar-refractivity contribution in [2.45, 2.75) is 13.5 Å². The summed E-state index contributed by atoms with van der Waals surface area (Å²) in [5.41, 5.74) is -0.529. The van der Waals surface area contributed by atoms with Crippen molar-refractivity contribution in [3.63, 3.8) is 0 Å². The number of aromatic nitrogens is 1. The van der Waals surface area contributed by atoms with Gasteiger partial charge in [-0.1, -0.05) is 0 Å². The molecular weight excluding hydrogens is 282 g/mol. The maximum absolute atomic E-state index is 12.0. The summed E-state index contributed by atoms with van der Waals surface area (Å²) in [6.45, 7) is 2.08. The molecule has 2 aromatic rings. The van der Waals surface area contributed by atoms with E-state index >= 15 is 0 Å². The highest BCUT2D eigenvalue weighted by atomic mass is 32.1. The lowest BCUT2D eigenvalue weighted by atomic mass is 10.1. The number of nitro groups is 1. The molecule has 0 bridgehead atoms. The SMILES string of the molecule is Cc1cnc(CNC(=O)c2cc(O)ccc2[N+](=O)[O-])s1. The van der Waals surface area contributed by atoms with Crippen molar-refractivity contribution < 1.29 is 14.8 Å². The number of hydrogen-bond donors (Lipinski definition) is 2. The van der Waals surface area contributed by atoms with Gasteiger partial charge in [-0.3, -0.25) is 14.9 Å². The molecule has 0 aliphatic rings. The first-order chi connectivity index (χ1) is 9.47. The van der Waals surface area contributed by atoms with E-state index in [1.165, 1.54) is 17.4 Å². The second-order valence-corrected chi connectivity index (χ2v) is 5.33. The zero-order valence-corrected chi connectivity index (χ0v) is 11.3. The molecule has 0 saturated carbocycles. The quantitative estimate of drug-likeness (QED) is 0.662. The van der Waals surface area contributed by atoms with Crippen LogP contribution in [0.3, 0.4) is 0 Å². The molecule has 0 atom stereocenters. The number of hydrogen-bond acceptors (Lipinski definition) is 6. The predicted molar refractivity (Wildman–Crippen MR) is 72.8 cm³/mol. The van der Waals surface area contributed by atoms with Gasteiger partial charge in [-0.2, -0.15) is 0 Å². The number of nitrogens with zero attached hydrogens (tertiary/aromatic N) is 2. The molecule has 0 aliphatic carbocycles. The standard InChI is InChI=1S/C12H11N3O4S/c1-7-5-13-11(20-7)6-14-12(17)9-4-8(16)2-3-10(9)15(18)19/h2-5,16H,6H2,1H3,(H,14,17). The van der Waals surface area contributed by atoms with Crippen LogP contribution in [0.15, 0.2) is 24.4 Å². The van der Waals surface area contributed by atoms with E-state index in [0.717, 1.165) is 17.0 Å². The van der Waals surface area contributed by atoms with Crippen LogP contribution in [0.2, 0.25) is 0 Å². The molecule has 0 aliphatic heterocycles. The average molecular weight is 293 g/mol. The number of carbonyl (C=O) groups is 1. The van der Waals surface area contributed by atoms with Gasteiger partial charge in [-0.05, 0) is 19.1 Å². The van der Waals surface area contributed by atoms with Crippen LogP contribution < -0.4 is 5.32 Å². The average Bonchev–Trinajstić information content (AvgIpc) is 2.81. The van der Waals surface area contributed by atoms with E-state index < -0.39 is 10.8 Å². The Morgan fingerprint density at radius 1 is 1.55 bits per heavy atom. The van der Waals surface area contributed by atoms with E-state index in [9.17, 15) is 20.0 Å². The molecule has 2 N–H and O–H groups in total. The number of aryl methyl sites for hydroxylation is 1. The molecule has 0 radical (unpaired) electrons. The fraction of sp³-hybridized carbons (Fsp3) is 0.167. The van der Waals surface area contributed by atoms with E-state index in [2.05, 4.69) is 10.3 Å². The number of nitrogens with one attached hydrogen (secondary N) is 1. The summed E-state index contributed by atoms with van der Waals surface area (Å²) in [4.78, 5) is 27.2. The van der Waals surface area contributed by atoms with Gasteiger partial charge < -0.3 is 10.4 Å². The first-order valence-corrected chi connectivity index (χ1v) is 6.46. The summed E-state index contributed by atoms with van der Waals surface area (Å²) in [6, 6.07) is 3.33. The van der Waals surface area contributed by atoms with Crippen molar-refractivity contribution >= 4 is 22.9 Å². The monoisotopic (exact) mass is 293 g/mol. The minimum Gasteiger partial charge on any atom is -0.508 e. The number of rotatable bonds is 4. The number of amides is 1. The lowest BCUT2D eigenvalue weighted by Gasteiger charge is -2.04. The molecule has 0 saturated heterocycles. The smallest absolute Gasteiger partial charge is 0.282 e. The van der Waals surface area contributed by atoms with Crippen LogP contribution >= 0.6 is 11.3 Å². The fourth-order valence-electron chi connectivity index (χ4n) is 1.60. The van der Waals surface area contributed by atoms with E-state index in [4.69, 9.17) is 0 Å². The third-order valence-corrected chi connectivity index (χ3v) is 3.40. The highest BCUT2D eigenvalue weighted by molar-refractivity contribution is 7.11. The lowest BCUT2D eigenvalue weighted by molar-refractivity contribution is -0.385. The van der Waals surface area contributed by atoms with Crippen molar-refractivity contribution in [1.82, 2.24) is 10.3 Å². The Morgan fingerprint density at radius 2 is 2.30 bits per heavy atom. The number of thiazole rings is 1. The molecule has 1 amide bonds. The maximum atomic E-state index is 12.0. The van der Waals surface area contributed by atoms with E-state index in [1.54, 1.807) is 6.20 Å². The molecule has 104 valence electrons. The first kappa shape index (κ1) is 13.9. The minimum atomic E-state index is -0.665. The summed E-state index contributed by atoms with van der Waals surface area (Å²) in [6.07, 6.45) is 1.68. The normalized spacial score (nSPS) is 10.2. The van der Waals surface area contributed by atoms with Gasteiger partial charge in [0, 0.05) is 17.1 Å². The Morgan fingerprint density at radius 3 is 2.90 bits per heavy atom. The third-order valence-electron chi connectivity index (χ3n) is 2.49. The van der Waals surface area contributed by atoms with Crippen LogP contribution in [0, 0.1) is 17.0 Å². The van der Waals surface area contributed by atoms with Crippen LogP contribution in [0.25, 0.3) is 0 Å². The molecule has 0 unspecified atom stereocenters. The van der Waals surface area contributed by atoms with Gasteiger partial charge in [0.2, 0.25) is 0 Å². The fourth-order valence-corrected chi connectivity index (χ4v) is 2.33. The second-order valence-electron chi connectivity index (χ2n) is 4.01. The van der Waals surface area contributed by atoms with Crippen LogP contribution in [0.1, 0.15) is 20.2 Å². The summed E-state index contributed by atoms with van der Waals surface area (Å²) in [5, 5.41) is 23.4. The van der Waals surface area contributed by atoms with Crippen LogP contribution in [-0.2, 0) is 6.54 Å². The number of carbonyl (C=O) groups excluding carboxylic acids is 1. The van der Waals surface area contributed by atoms with Crippen molar-refractivity contribution in [3.8, 4) is 5.75 Å². The summed E-state index contributed by atoms with van der Waals surface area (Å²) >= 11 is 1.43. The largest absolute Gasteiger partial charge is 0.508 e. The lowest BCUT2D eigenvalue weighted by Crippen LogP contribution is -2.23. The Kier molecular flexibility index (Phi) is 3.94. The molecule has 1 heterocycles. The molecule has 1 aromatic heterocycles. The van der Waals surface area contributed by atoms with E-state index in [1.807, 2.05) is 6.92 Å². The molecule has 0 fully saturated rings. The van der Waals surface area contributed by atoms with Crippen LogP contribution in [-0.4, -0.2) is 20.9 Å². The molecule has 8 heteroatoms. The highest BCUT2D eigenvalue weighted by Crippen LogP contribution is 2.23. The molecule has 20 heavy (non-hydrogen) atoms. The van der Waals surface area contributed by atoms with Gasteiger partial charge >= 0.3 is 0 Å². The van der Waals surface area contributed by atoms with E-state index in [0.29, 0.717) is 5.01 Å². The van der Waals surface area contributed by atoms with Crippen molar-refractivity contribution in [1.29, 1.82) is 0 Å². The second kappa shape index (κ2) is 5.66. The van der Waals surface area contributed by atoms with Gasteiger partial charge in [0.15, 0.2) is 0 Å². The third kappa shape index (κ3) is 3.09. The van der Waals surface area contributed by atoms with Crippen molar-refractivity contribution in [2.75, 3.05) is 0 Å². The number of benzene rings is 1. The zero-order valence-electron chi connectivity index (χ0n) is 10.5. The van der Waals surface area contributed by atoms with Crippen LogP contribution in [0.4, 0.5) is 5.69 Å². The number of nitro benzene ring substituents is 1. The highest BCUT2D eigenvalue weighted by Gasteiger charge is 2.20. The molecule has 1 aromatic carbocycles. The number of aromatic hydroxyl groups is 1. The van der Waals surface area contributed by atoms with Gasteiger partial charge in [0.25, 0.3) is 11.6 Å². The Labute approximate surface area is 118 Å². The van der Waals surface area contributed by atoms with Crippen molar-refractivity contribution in [3.05, 3.63) is 50.0 Å². The van der Waals surface area contributed by atoms with Crippen molar-refractivity contribution in [2.24, 2.45) is 0 Å². The molecule has 7 nitrogen and oxygen atoms in total. The summed E-state index contributed by atoms with van der Waals surface area (Å²) in [5.74, 6) is -0.828. The van der Waals surface area contributed by atoms with E-state index in [-0.39, 0.29) is 23.5 Å². The predicted octanol–water partition coefficient (Wildman–Crippen LogP) is 2.00. The topological polar surface area (TPSA) is 105 Å². The summed E-state index contributed by atoms with van der Waals surface area (Å²) in [7, 11) is 0. The first-order valence-electron chi connectivity index (χ1n) is 5.64. The molecule has 0 spiro atoms.